The minimum atomic E-state index is -0.606. The Morgan fingerprint density at radius 3 is 2.76 bits per heavy atom. The van der Waals surface area contributed by atoms with E-state index in [1.807, 2.05) is 0 Å². The van der Waals surface area contributed by atoms with Crippen LogP contribution in [-0.2, 0) is 4.74 Å². The van der Waals surface area contributed by atoms with E-state index < -0.39 is 11.9 Å². The van der Waals surface area contributed by atoms with Crippen molar-refractivity contribution < 1.29 is 18.8 Å². The molecule has 7 heteroatoms. The van der Waals surface area contributed by atoms with Gasteiger partial charge in [-0.15, -0.1) is 0 Å². The number of hydrogen-bond donors (Lipinski definition) is 1. The first-order valence-electron chi connectivity index (χ1n) is 6.23. The van der Waals surface area contributed by atoms with Crippen LogP contribution in [0.2, 0.25) is 5.02 Å². The topological polar surface area (TPSA) is 81.4 Å². The van der Waals surface area contributed by atoms with Gasteiger partial charge in [-0.1, -0.05) is 28.9 Å². The summed E-state index contributed by atoms with van der Waals surface area (Å²) in [6.07, 6.45) is 0. The second-order valence-corrected chi connectivity index (χ2v) is 4.53. The summed E-state index contributed by atoms with van der Waals surface area (Å²) in [6, 6.07) is 6.54. The minimum absolute atomic E-state index is 0.0594. The normalized spacial score (nSPS) is 10.2. The van der Waals surface area contributed by atoms with Gasteiger partial charge in [-0.25, -0.2) is 4.79 Å². The van der Waals surface area contributed by atoms with Crippen molar-refractivity contribution in [2.45, 2.75) is 13.8 Å². The maximum absolute atomic E-state index is 12.1. The molecular weight excluding hydrogens is 296 g/mol. The Bertz CT molecular complexity index is 681. The number of nitrogens with one attached hydrogen (secondary N) is 1. The fourth-order valence-electron chi connectivity index (χ4n) is 1.71. The van der Waals surface area contributed by atoms with Crippen LogP contribution in [0.5, 0.6) is 0 Å². The molecule has 1 N–H and O–H groups in total. The van der Waals surface area contributed by atoms with Gasteiger partial charge in [-0.2, -0.15) is 0 Å². The van der Waals surface area contributed by atoms with Crippen LogP contribution < -0.4 is 5.32 Å². The smallest absolute Gasteiger partial charge is 0.345 e. The molecule has 0 aliphatic rings. The molecule has 2 rings (SSSR count). The van der Waals surface area contributed by atoms with Crippen molar-refractivity contribution in [1.29, 1.82) is 0 Å². The van der Waals surface area contributed by atoms with E-state index in [0.717, 1.165) is 0 Å². The number of amides is 1. The zero-order valence-corrected chi connectivity index (χ0v) is 12.2. The Hall–Kier alpha value is -2.34. The Labute approximate surface area is 126 Å². The Morgan fingerprint density at radius 2 is 2.10 bits per heavy atom. The van der Waals surface area contributed by atoms with Crippen molar-refractivity contribution in [3.05, 3.63) is 46.1 Å². The van der Waals surface area contributed by atoms with Gasteiger partial charge in [-0.3, -0.25) is 10.1 Å². The number of aromatic nitrogens is 1. The number of carbonyl (C=O) groups excluding carboxylic acids is 2. The molecule has 0 radical (unpaired) electrons. The molecule has 0 bridgehead atoms. The van der Waals surface area contributed by atoms with Gasteiger partial charge < -0.3 is 9.26 Å². The molecule has 2 aromatic rings. The summed E-state index contributed by atoms with van der Waals surface area (Å²) in [7, 11) is 0. The van der Waals surface area contributed by atoms with Crippen LogP contribution in [0, 0.1) is 6.92 Å². The first-order chi connectivity index (χ1) is 10.0. The van der Waals surface area contributed by atoms with E-state index in [1.54, 1.807) is 38.1 Å². The van der Waals surface area contributed by atoms with Gasteiger partial charge in [0.15, 0.2) is 0 Å². The minimum Gasteiger partial charge on any atom is -0.462 e. The van der Waals surface area contributed by atoms with Gasteiger partial charge in [0, 0.05) is 0 Å². The molecule has 0 unspecified atom stereocenters. The molecule has 1 aromatic heterocycles. The number of halogens is 1. The summed E-state index contributed by atoms with van der Waals surface area (Å²) in [5.74, 6) is -1.16. The molecule has 0 saturated heterocycles. The predicted octanol–water partition coefficient (Wildman–Crippen LogP) is 3.07. The number of ether oxygens (including phenoxy) is 1. The number of benzene rings is 1. The third-order valence-corrected chi connectivity index (χ3v) is 3.02. The van der Waals surface area contributed by atoms with Crippen molar-refractivity contribution in [2.75, 3.05) is 11.9 Å². The van der Waals surface area contributed by atoms with Gasteiger partial charge in [-0.05, 0) is 26.0 Å². The number of aryl methyl sites for hydroxylation is 1. The van der Waals surface area contributed by atoms with Crippen molar-refractivity contribution in [2.24, 2.45) is 0 Å². The summed E-state index contributed by atoms with van der Waals surface area (Å²) in [5, 5.41) is 6.44. The van der Waals surface area contributed by atoms with Crippen LogP contribution in [0.25, 0.3) is 0 Å². The number of esters is 1. The lowest BCUT2D eigenvalue weighted by molar-refractivity contribution is 0.0526. The van der Waals surface area contributed by atoms with E-state index in [9.17, 15) is 9.59 Å². The zero-order valence-electron chi connectivity index (χ0n) is 11.5. The van der Waals surface area contributed by atoms with Crippen LogP contribution in [0.15, 0.2) is 28.8 Å². The highest BCUT2D eigenvalue weighted by Crippen LogP contribution is 2.22. The monoisotopic (exact) mass is 308 g/mol. The number of carbonyl (C=O) groups is 2. The Balaban J connectivity index is 2.27. The van der Waals surface area contributed by atoms with Gasteiger partial charge >= 0.3 is 5.97 Å². The van der Waals surface area contributed by atoms with Crippen LogP contribution in [-0.4, -0.2) is 23.6 Å². The van der Waals surface area contributed by atoms with E-state index >= 15 is 0 Å². The fourth-order valence-corrected chi connectivity index (χ4v) is 1.94. The van der Waals surface area contributed by atoms with Crippen LogP contribution >= 0.6 is 11.6 Å². The SMILES string of the molecule is CCOC(=O)c1c(C)noc1NC(=O)c1ccccc1Cl. The molecule has 1 amide bonds. The van der Waals surface area contributed by atoms with E-state index in [2.05, 4.69) is 10.5 Å². The van der Waals surface area contributed by atoms with Crippen molar-refractivity contribution in [3.63, 3.8) is 0 Å². The lowest BCUT2D eigenvalue weighted by Crippen LogP contribution is -2.15. The molecule has 0 saturated carbocycles. The fraction of sp³-hybridized carbons (Fsp3) is 0.214. The molecule has 21 heavy (non-hydrogen) atoms. The van der Waals surface area contributed by atoms with Gasteiger partial charge in [0.1, 0.15) is 5.56 Å². The van der Waals surface area contributed by atoms with Gasteiger partial charge in [0.25, 0.3) is 5.91 Å². The molecule has 110 valence electrons. The van der Waals surface area contributed by atoms with Crippen LogP contribution in [0.1, 0.15) is 33.3 Å². The molecular formula is C14H13ClN2O4. The number of hydrogen-bond acceptors (Lipinski definition) is 5. The number of nitrogens with zero attached hydrogens (tertiary/aromatic N) is 1. The molecule has 0 aliphatic carbocycles. The van der Waals surface area contributed by atoms with Gasteiger partial charge in [0.2, 0.25) is 5.88 Å². The first-order valence-corrected chi connectivity index (χ1v) is 6.61. The largest absolute Gasteiger partial charge is 0.462 e. The van der Waals surface area contributed by atoms with Crippen LogP contribution in [0.4, 0.5) is 5.88 Å². The Morgan fingerprint density at radius 1 is 1.38 bits per heavy atom. The summed E-state index contributed by atoms with van der Waals surface area (Å²) in [5.41, 5.74) is 0.697. The third kappa shape index (κ3) is 3.22. The maximum Gasteiger partial charge on any atom is 0.345 e. The average Bonchev–Trinajstić information content (AvgIpc) is 2.80. The highest BCUT2D eigenvalue weighted by atomic mass is 35.5. The zero-order chi connectivity index (χ0) is 15.4. The average molecular weight is 309 g/mol. The molecule has 0 spiro atoms. The number of anilines is 1. The van der Waals surface area contributed by atoms with Gasteiger partial charge in [0.05, 0.1) is 22.9 Å². The van der Waals surface area contributed by atoms with Crippen molar-refractivity contribution in [1.82, 2.24) is 5.16 Å². The van der Waals surface area contributed by atoms with Crippen molar-refractivity contribution >= 4 is 29.4 Å². The molecule has 0 fully saturated rings. The van der Waals surface area contributed by atoms with E-state index in [1.165, 1.54) is 0 Å². The molecule has 1 aromatic carbocycles. The van der Waals surface area contributed by atoms with E-state index in [0.29, 0.717) is 10.7 Å². The third-order valence-electron chi connectivity index (χ3n) is 2.69. The highest BCUT2D eigenvalue weighted by molar-refractivity contribution is 6.34. The lowest BCUT2D eigenvalue weighted by atomic mass is 10.2. The van der Waals surface area contributed by atoms with Crippen molar-refractivity contribution in [3.8, 4) is 0 Å². The molecule has 0 atom stereocenters. The summed E-state index contributed by atoms with van der Waals surface area (Å²) < 4.78 is 9.87. The second-order valence-electron chi connectivity index (χ2n) is 4.13. The first kappa shape index (κ1) is 15.1. The summed E-state index contributed by atoms with van der Waals surface area (Å²) in [4.78, 5) is 24.0. The highest BCUT2D eigenvalue weighted by Gasteiger charge is 2.24. The molecule has 0 aliphatic heterocycles. The number of rotatable bonds is 4. The quantitative estimate of drug-likeness (QED) is 0.878. The van der Waals surface area contributed by atoms with E-state index in [4.69, 9.17) is 20.9 Å². The standard InChI is InChI=1S/C14H13ClN2O4/c1-3-20-14(19)11-8(2)17-21-13(11)16-12(18)9-6-4-5-7-10(9)15/h4-7H,3H2,1-2H3,(H,16,18). The predicted molar refractivity (Wildman–Crippen MR) is 76.6 cm³/mol. The lowest BCUT2D eigenvalue weighted by Gasteiger charge is -2.05. The maximum atomic E-state index is 12.1. The summed E-state index contributed by atoms with van der Waals surface area (Å²) in [6.45, 7) is 3.48. The van der Waals surface area contributed by atoms with E-state index in [-0.39, 0.29) is 23.6 Å². The Kier molecular flexibility index (Phi) is 4.59. The molecule has 1 heterocycles. The summed E-state index contributed by atoms with van der Waals surface area (Å²) >= 11 is 5.94. The molecule has 6 nitrogen and oxygen atoms in total. The second kappa shape index (κ2) is 6.41. The van der Waals surface area contributed by atoms with Crippen LogP contribution in [0.3, 0.4) is 0 Å².